The molecule has 214 valence electrons. The smallest absolute Gasteiger partial charge is 0.310 e. The molecule has 0 fully saturated rings. The number of hydrogen-bond donors (Lipinski definition) is 1. The van der Waals surface area contributed by atoms with Crippen LogP contribution in [0.15, 0.2) is 54.6 Å². The molecule has 3 heteroatoms. The number of benzene rings is 2. The van der Waals surface area contributed by atoms with E-state index in [2.05, 4.69) is 65.2 Å². The standard InChI is InChI=1S/C22H40N.C13H18O2/c1-4-5-6-7-8-9-10-11-12-13-17-20-23(2,3)21-22-18-15-14-16-19-22;1-9(2)8-11-4-6-12(7-5-11)10(3)13(14)15/h14-16,18-19H,4-13,17,20-21H2,1-3H3;4-7,9-10H,8H2,1-3H3,(H,14,15)/q+1;. The molecule has 0 aromatic heterocycles. The average molecular weight is 525 g/mol. The number of carboxylic acid groups (broad SMARTS) is 1. The lowest BCUT2D eigenvalue weighted by Crippen LogP contribution is -2.39. The predicted octanol–water partition coefficient (Wildman–Crippen LogP) is 9.65. The molecule has 0 bridgehead atoms. The first-order chi connectivity index (χ1) is 18.1. The molecule has 0 aliphatic rings. The van der Waals surface area contributed by atoms with Crippen LogP contribution in [0.1, 0.15) is 121 Å². The largest absolute Gasteiger partial charge is 0.481 e. The van der Waals surface area contributed by atoms with E-state index in [0.29, 0.717) is 5.92 Å². The summed E-state index contributed by atoms with van der Waals surface area (Å²) >= 11 is 0. The van der Waals surface area contributed by atoms with Gasteiger partial charge >= 0.3 is 5.97 Å². The SMILES string of the molecule is CC(C)Cc1ccc(C(C)C(=O)O)cc1.CCCCCCCCCCCCC[N+](C)(C)Cc1ccccc1. The lowest BCUT2D eigenvalue weighted by atomic mass is 9.97. The molecule has 0 aliphatic heterocycles. The van der Waals surface area contributed by atoms with E-state index in [1.807, 2.05) is 24.3 Å². The Labute approximate surface area is 235 Å². The van der Waals surface area contributed by atoms with Gasteiger partial charge in [0.1, 0.15) is 6.54 Å². The van der Waals surface area contributed by atoms with Crippen molar-refractivity contribution < 1.29 is 14.4 Å². The van der Waals surface area contributed by atoms with Crippen molar-refractivity contribution in [2.45, 2.75) is 117 Å². The molecule has 1 N–H and O–H groups in total. The van der Waals surface area contributed by atoms with Gasteiger partial charge in [-0.05, 0) is 43.2 Å². The summed E-state index contributed by atoms with van der Waals surface area (Å²) in [5, 5.41) is 8.85. The number of rotatable bonds is 18. The summed E-state index contributed by atoms with van der Waals surface area (Å²) in [6.45, 7) is 10.8. The number of nitrogens with zero attached hydrogens (tertiary/aromatic N) is 1. The summed E-state index contributed by atoms with van der Waals surface area (Å²) in [5.74, 6) is -0.558. The zero-order chi connectivity index (χ0) is 28.2. The first-order valence-electron chi connectivity index (χ1n) is 15.3. The Hall–Kier alpha value is -2.13. The van der Waals surface area contributed by atoms with Gasteiger partial charge in [0.05, 0.1) is 26.6 Å². The van der Waals surface area contributed by atoms with Gasteiger partial charge in [0.2, 0.25) is 0 Å². The van der Waals surface area contributed by atoms with Crippen molar-refractivity contribution in [2.24, 2.45) is 5.92 Å². The normalized spacial score (nSPS) is 12.2. The van der Waals surface area contributed by atoms with E-state index in [-0.39, 0.29) is 0 Å². The lowest BCUT2D eigenvalue weighted by Gasteiger charge is -2.30. The highest BCUT2D eigenvalue weighted by Gasteiger charge is 2.15. The quantitative estimate of drug-likeness (QED) is 0.156. The van der Waals surface area contributed by atoms with E-state index >= 15 is 0 Å². The van der Waals surface area contributed by atoms with Crippen LogP contribution in [-0.4, -0.2) is 36.2 Å². The van der Waals surface area contributed by atoms with Crippen molar-refractivity contribution in [3.63, 3.8) is 0 Å². The van der Waals surface area contributed by atoms with Gasteiger partial charge in [-0.2, -0.15) is 0 Å². The average Bonchev–Trinajstić information content (AvgIpc) is 2.87. The van der Waals surface area contributed by atoms with E-state index < -0.39 is 11.9 Å². The summed E-state index contributed by atoms with van der Waals surface area (Å²) in [6.07, 6.45) is 16.8. The monoisotopic (exact) mass is 524 g/mol. The summed E-state index contributed by atoms with van der Waals surface area (Å²) in [4.78, 5) is 10.8. The molecule has 0 saturated heterocycles. The molecule has 38 heavy (non-hydrogen) atoms. The molecule has 0 amide bonds. The maximum atomic E-state index is 10.8. The van der Waals surface area contributed by atoms with Crippen LogP contribution in [0.5, 0.6) is 0 Å². The molecule has 3 nitrogen and oxygen atoms in total. The molecule has 2 rings (SSSR count). The van der Waals surface area contributed by atoms with Crippen molar-refractivity contribution in [3.05, 3.63) is 71.3 Å². The van der Waals surface area contributed by atoms with E-state index in [1.54, 1.807) is 6.92 Å². The van der Waals surface area contributed by atoms with Crippen LogP contribution >= 0.6 is 0 Å². The Morgan fingerprint density at radius 3 is 1.68 bits per heavy atom. The summed E-state index contributed by atoms with van der Waals surface area (Å²) in [7, 11) is 4.73. The number of carboxylic acids is 1. The van der Waals surface area contributed by atoms with Crippen LogP contribution in [0.2, 0.25) is 0 Å². The molecule has 0 heterocycles. The minimum absolute atomic E-state index is 0.418. The van der Waals surface area contributed by atoms with E-state index in [4.69, 9.17) is 5.11 Å². The van der Waals surface area contributed by atoms with Gasteiger partial charge in [-0.25, -0.2) is 0 Å². The van der Waals surface area contributed by atoms with Crippen molar-refractivity contribution >= 4 is 5.97 Å². The van der Waals surface area contributed by atoms with Crippen LogP contribution in [0, 0.1) is 5.92 Å². The van der Waals surface area contributed by atoms with Crippen LogP contribution in [0.4, 0.5) is 0 Å². The fourth-order valence-corrected chi connectivity index (χ4v) is 4.92. The molecule has 1 atom stereocenters. The van der Waals surface area contributed by atoms with E-state index in [0.717, 1.165) is 23.0 Å². The summed E-state index contributed by atoms with van der Waals surface area (Å²) < 4.78 is 1.11. The Kier molecular flexibility index (Phi) is 17.7. The van der Waals surface area contributed by atoms with Crippen LogP contribution in [-0.2, 0) is 17.8 Å². The topological polar surface area (TPSA) is 37.3 Å². The Morgan fingerprint density at radius 1 is 0.711 bits per heavy atom. The molecule has 2 aromatic carbocycles. The van der Waals surface area contributed by atoms with Crippen LogP contribution in [0.25, 0.3) is 0 Å². The second kappa shape index (κ2) is 19.9. The van der Waals surface area contributed by atoms with Crippen molar-refractivity contribution in [3.8, 4) is 0 Å². The predicted molar refractivity (Wildman–Crippen MR) is 165 cm³/mol. The maximum absolute atomic E-state index is 10.8. The first kappa shape index (κ1) is 33.9. The molecular formula is C35H58NO2+. The van der Waals surface area contributed by atoms with Gasteiger partial charge in [-0.15, -0.1) is 0 Å². The van der Waals surface area contributed by atoms with Crippen molar-refractivity contribution in [1.82, 2.24) is 0 Å². The molecular weight excluding hydrogens is 466 g/mol. The third kappa shape index (κ3) is 16.7. The fraction of sp³-hybridized carbons (Fsp3) is 0.629. The Balaban J connectivity index is 0.000000415. The molecule has 2 aromatic rings. The highest BCUT2D eigenvalue weighted by molar-refractivity contribution is 5.75. The number of unbranched alkanes of at least 4 members (excludes halogenated alkanes) is 10. The van der Waals surface area contributed by atoms with Gasteiger partial charge in [-0.3, -0.25) is 4.79 Å². The Morgan fingerprint density at radius 2 is 1.21 bits per heavy atom. The number of hydrogen-bond acceptors (Lipinski definition) is 1. The van der Waals surface area contributed by atoms with Crippen molar-refractivity contribution in [2.75, 3.05) is 20.6 Å². The minimum Gasteiger partial charge on any atom is -0.481 e. The van der Waals surface area contributed by atoms with Crippen LogP contribution < -0.4 is 0 Å². The fourth-order valence-electron chi connectivity index (χ4n) is 4.92. The van der Waals surface area contributed by atoms with Crippen LogP contribution in [0.3, 0.4) is 0 Å². The first-order valence-corrected chi connectivity index (χ1v) is 15.3. The van der Waals surface area contributed by atoms with Gasteiger partial charge in [0.15, 0.2) is 0 Å². The van der Waals surface area contributed by atoms with Gasteiger partial charge in [0.25, 0.3) is 0 Å². The second-order valence-corrected chi connectivity index (χ2v) is 12.2. The molecule has 0 spiro atoms. The zero-order valence-corrected chi connectivity index (χ0v) is 25.6. The summed E-state index contributed by atoms with van der Waals surface area (Å²) in [5.41, 5.74) is 3.60. The lowest BCUT2D eigenvalue weighted by molar-refractivity contribution is -0.903. The van der Waals surface area contributed by atoms with E-state index in [1.165, 1.54) is 88.3 Å². The minimum atomic E-state index is -0.772. The van der Waals surface area contributed by atoms with Gasteiger partial charge in [-0.1, -0.05) is 133 Å². The molecule has 0 saturated carbocycles. The second-order valence-electron chi connectivity index (χ2n) is 12.2. The highest BCUT2D eigenvalue weighted by atomic mass is 16.4. The molecule has 0 aliphatic carbocycles. The third-order valence-corrected chi connectivity index (χ3v) is 7.31. The van der Waals surface area contributed by atoms with Gasteiger partial charge < -0.3 is 9.59 Å². The number of quaternary nitrogens is 1. The molecule has 0 radical (unpaired) electrons. The zero-order valence-electron chi connectivity index (χ0n) is 25.6. The van der Waals surface area contributed by atoms with E-state index in [9.17, 15) is 4.79 Å². The molecule has 1 unspecified atom stereocenters. The van der Waals surface area contributed by atoms with Gasteiger partial charge in [0, 0.05) is 5.56 Å². The highest BCUT2D eigenvalue weighted by Crippen LogP contribution is 2.18. The third-order valence-electron chi connectivity index (χ3n) is 7.31. The van der Waals surface area contributed by atoms with Crippen molar-refractivity contribution in [1.29, 1.82) is 0 Å². The number of aliphatic carboxylic acids is 1. The Bertz CT molecular complexity index is 842. The summed E-state index contributed by atoms with van der Waals surface area (Å²) in [6, 6.07) is 18.8. The number of carbonyl (C=O) groups is 1. The maximum Gasteiger partial charge on any atom is 0.310 e.